The van der Waals surface area contributed by atoms with Crippen molar-refractivity contribution in [1.82, 2.24) is 15.3 Å². The highest BCUT2D eigenvalue weighted by Crippen LogP contribution is 2.50. The number of anilines is 1. The van der Waals surface area contributed by atoms with Crippen LogP contribution in [0.2, 0.25) is 5.02 Å². The molecule has 9 heteroatoms. The molecule has 33 heavy (non-hydrogen) atoms. The van der Waals surface area contributed by atoms with Gasteiger partial charge >= 0.3 is 0 Å². The van der Waals surface area contributed by atoms with Crippen molar-refractivity contribution in [3.05, 3.63) is 46.9 Å². The number of halogens is 1. The molecule has 5 rings (SSSR count). The normalized spacial score (nSPS) is 27.9. The maximum Gasteiger partial charge on any atom is 0.271 e. The number of aromatic nitrogens is 2. The quantitative estimate of drug-likeness (QED) is 0.653. The Hall–Kier alpha value is -3.18. The highest BCUT2D eigenvalue weighted by Gasteiger charge is 2.55. The van der Waals surface area contributed by atoms with E-state index < -0.39 is 0 Å². The SMILES string of the molecule is N#Cc1ccc(O[C@H]2CC[C@H](NC(=O)c3cnc(N4C[C@@H]5[C@@H](C=O)[C@@H]5C4)cn3)CC2)cc1Cl. The van der Waals surface area contributed by atoms with Gasteiger partial charge in [-0.2, -0.15) is 5.26 Å². The minimum Gasteiger partial charge on any atom is -0.490 e. The van der Waals surface area contributed by atoms with Crippen LogP contribution in [0.25, 0.3) is 0 Å². The fourth-order valence-electron chi connectivity index (χ4n) is 5.00. The molecule has 3 aliphatic rings. The lowest BCUT2D eigenvalue weighted by Crippen LogP contribution is -2.40. The smallest absolute Gasteiger partial charge is 0.271 e. The maximum absolute atomic E-state index is 12.6. The van der Waals surface area contributed by atoms with E-state index in [4.69, 9.17) is 21.6 Å². The Morgan fingerprint density at radius 2 is 1.94 bits per heavy atom. The van der Waals surface area contributed by atoms with Gasteiger partial charge in [-0.05, 0) is 49.7 Å². The van der Waals surface area contributed by atoms with Crippen LogP contribution in [-0.2, 0) is 4.79 Å². The first-order valence-corrected chi connectivity index (χ1v) is 11.6. The predicted molar refractivity (Wildman–Crippen MR) is 121 cm³/mol. The van der Waals surface area contributed by atoms with Crippen LogP contribution in [-0.4, -0.2) is 47.4 Å². The van der Waals surface area contributed by atoms with Gasteiger partial charge in [0.05, 0.1) is 29.1 Å². The molecule has 2 saturated carbocycles. The molecule has 0 unspecified atom stereocenters. The third-order valence-electron chi connectivity index (χ3n) is 6.99. The fraction of sp³-hybridized carbons (Fsp3) is 0.458. The Kier molecular flexibility index (Phi) is 5.90. The van der Waals surface area contributed by atoms with Gasteiger partial charge in [-0.3, -0.25) is 4.79 Å². The summed E-state index contributed by atoms with van der Waals surface area (Å²) in [5, 5.41) is 12.4. The second-order valence-electron chi connectivity index (χ2n) is 9.02. The number of nitrogens with zero attached hydrogens (tertiary/aromatic N) is 4. The molecule has 0 bridgehead atoms. The Balaban J connectivity index is 1.09. The lowest BCUT2D eigenvalue weighted by molar-refractivity contribution is -0.109. The summed E-state index contributed by atoms with van der Waals surface area (Å²) in [5.74, 6) is 2.28. The molecule has 0 spiro atoms. The van der Waals surface area contributed by atoms with Crippen LogP contribution < -0.4 is 15.0 Å². The Labute approximate surface area is 196 Å². The first-order valence-electron chi connectivity index (χ1n) is 11.2. The van der Waals surface area contributed by atoms with E-state index >= 15 is 0 Å². The fourth-order valence-corrected chi connectivity index (χ4v) is 5.21. The van der Waals surface area contributed by atoms with E-state index in [9.17, 15) is 9.59 Å². The molecule has 2 heterocycles. The minimum absolute atomic E-state index is 0.0479. The predicted octanol–water partition coefficient (Wildman–Crippen LogP) is 3.00. The van der Waals surface area contributed by atoms with Crippen molar-refractivity contribution in [2.45, 2.75) is 37.8 Å². The first kappa shape index (κ1) is 21.7. The van der Waals surface area contributed by atoms with Gasteiger partial charge in [-0.1, -0.05) is 11.6 Å². The maximum atomic E-state index is 12.6. The largest absolute Gasteiger partial charge is 0.490 e. The van der Waals surface area contributed by atoms with Gasteiger partial charge in [0, 0.05) is 31.1 Å². The van der Waals surface area contributed by atoms with Crippen LogP contribution in [0.1, 0.15) is 41.7 Å². The van der Waals surface area contributed by atoms with E-state index in [2.05, 4.69) is 20.2 Å². The highest BCUT2D eigenvalue weighted by atomic mass is 35.5. The number of aldehydes is 1. The molecule has 1 amide bonds. The van der Waals surface area contributed by atoms with Crippen molar-refractivity contribution < 1.29 is 14.3 Å². The zero-order valence-corrected chi connectivity index (χ0v) is 18.7. The summed E-state index contributed by atoms with van der Waals surface area (Å²) in [6.45, 7) is 1.66. The molecule has 1 saturated heterocycles. The van der Waals surface area contributed by atoms with Crippen molar-refractivity contribution in [2.24, 2.45) is 17.8 Å². The van der Waals surface area contributed by atoms with E-state index in [0.29, 0.717) is 33.9 Å². The number of nitriles is 1. The second kappa shape index (κ2) is 8.99. The third kappa shape index (κ3) is 4.51. The van der Waals surface area contributed by atoms with Crippen molar-refractivity contribution in [2.75, 3.05) is 18.0 Å². The number of rotatable bonds is 6. The number of ether oxygens (including phenoxy) is 1. The van der Waals surface area contributed by atoms with Crippen molar-refractivity contribution in [1.29, 1.82) is 5.26 Å². The summed E-state index contributed by atoms with van der Waals surface area (Å²) in [6, 6.07) is 7.18. The number of hydrogen-bond acceptors (Lipinski definition) is 7. The lowest BCUT2D eigenvalue weighted by atomic mass is 9.93. The van der Waals surface area contributed by atoms with Crippen LogP contribution >= 0.6 is 11.6 Å². The van der Waals surface area contributed by atoms with Gasteiger partial charge in [0.15, 0.2) is 0 Å². The standard InChI is InChI=1S/C24H24ClN5O3/c25-21-7-17(4-1-14(21)8-26)33-16-5-2-15(3-6-16)29-24(32)22-9-28-23(10-27-22)30-11-18-19(12-30)20(18)13-31/h1,4,7,9-10,13,15-16,18-20H,2-3,5-6,11-12H2,(H,29,32)/t15-,16-,18-,19+,20+. The Bertz CT molecular complexity index is 1080. The monoisotopic (exact) mass is 465 g/mol. The van der Waals surface area contributed by atoms with Crippen LogP contribution in [0.3, 0.4) is 0 Å². The van der Waals surface area contributed by atoms with Gasteiger partial charge in [0.25, 0.3) is 5.91 Å². The molecule has 3 atom stereocenters. The first-order chi connectivity index (χ1) is 16.1. The number of nitrogens with one attached hydrogen (secondary N) is 1. The summed E-state index contributed by atoms with van der Waals surface area (Å²) >= 11 is 6.08. The summed E-state index contributed by atoms with van der Waals surface area (Å²) in [7, 11) is 0. The number of amides is 1. The molecule has 2 aliphatic carbocycles. The van der Waals surface area contributed by atoms with Crippen molar-refractivity contribution in [3.8, 4) is 11.8 Å². The molecular weight excluding hydrogens is 442 g/mol. The summed E-state index contributed by atoms with van der Waals surface area (Å²) in [5.41, 5.74) is 0.731. The molecule has 1 aliphatic heterocycles. The van der Waals surface area contributed by atoms with Gasteiger partial charge in [0.2, 0.25) is 0 Å². The van der Waals surface area contributed by atoms with Gasteiger partial charge in [-0.15, -0.1) is 0 Å². The molecule has 1 aromatic carbocycles. The van der Waals surface area contributed by atoms with Crippen LogP contribution in [0, 0.1) is 29.1 Å². The van der Waals surface area contributed by atoms with Crippen molar-refractivity contribution >= 4 is 29.6 Å². The zero-order chi connectivity index (χ0) is 22.9. The van der Waals surface area contributed by atoms with Crippen LogP contribution in [0.15, 0.2) is 30.6 Å². The molecule has 3 fully saturated rings. The molecule has 1 N–H and O–H groups in total. The van der Waals surface area contributed by atoms with Gasteiger partial charge < -0.3 is 19.7 Å². The number of carbonyl (C=O) groups is 2. The number of benzene rings is 1. The van der Waals surface area contributed by atoms with Gasteiger partial charge in [-0.25, -0.2) is 9.97 Å². The second-order valence-corrected chi connectivity index (χ2v) is 9.43. The number of piperidine rings is 1. The Morgan fingerprint density at radius 3 is 2.55 bits per heavy atom. The molecule has 1 aromatic heterocycles. The average molecular weight is 466 g/mol. The van der Waals surface area contributed by atoms with E-state index in [1.54, 1.807) is 24.4 Å². The number of hydrogen-bond donors (Lipinski definition) is 1. The lowest BCUT2D eigenvalue weighted by Gasteiger charge is -2.29. The number of fused-ring (bicyclic) bond motifs is 1. The number of carbonyl (C=O) groups excluding carboxylic acids is 2. The van der Waals surface area contributed by atoms with Gasteiger partial charge in [0.1, 0.15) is 29.6 Å². The van der Waals surface area contributed by atoms with Crippen LogP contribution in [0.4, 0.5) is 5.82 Å². The topological polar surface area (TPSA) is 108 Å². The molecule has 170 valence electrons. The zero-order valence-electron chi connectivity index (χ0n) is 18.0. The van der Waals surface area contributed by atoms with Crippen molar-refractivity contribution in [3.63, 3.8) is 0 Å². The van der Waals surface area contributed by atoms with E-state index in [-0.39, 0.29) is 24.0 Å². The van der Waals surface area contributed by atoms with E-state index in [1.165, 1.54) is 6.20 Å². The molecule has 8 nitrogen and oxygen atoms in total. The minimum atomic E-state index is -0.220. The van der Waals surface area contributed by atoms with E-state index in [1.807, 2.05) is 6.07 Å². The third-order valence-corrected chi connectivity index (χ3v) is 7.30. The molecule has 0 radical (unpaired) electrons. The van der Waals surface area contributed by atoms with Crippen LogP contribution in [0.5, 0.6) is 5.75 Å². The van der Waals surface area contributed by atoms with E-state index in [0.717, 1.165) is 50.9 Å². The molecule has 2 aromatic rings. The average Bonchev–Trinajstić information content (AvgIpc) is 3.30. The summed E-state index contributed by atoms with van der Waals surface area (Å²) in [4.78, 5) is 34.4. The summed E-state index contributed by atoms with van der Waals surface area (Å²) < 4.78 is 6.01. The Morgan fingerprint density at radius 1 is 1.18 bits per heavy atom. The summed E-state index contributed by atoms with van der Waals surface area (Å²) in [6.07, 6.45) is 7.51. The highest BCUT2D eigenvalue weighted by molar-refractivity contribution is 6.31. The molecular formula is C24H24ClN5O3.